The second kappa shape index (κ2) is 8.20. The number of ether oxygens (including phenoxy) is 1. The largest absolute Gasteiger partial charge is 0.444 e. The molecule has 2 N–H and O–H groups in total. The van der Waals surface area contributed by atoms with Crippen LogP contribution in [0.15, 0.2) is 12.4 Å². The summed E-state index contributed by atoms with van der Waals surface area (Å²) in [7, 11) is 0. The number of carbonyl (C=O) groups is 2. The van der Waals surface area contributed by atoms with Gasteiger partial charge in [0, 0.05) is 19.3 Å². The smallest absolute Gasteiger partial charge is 0.407 e. The second-order valence-corrected chi connectivity index (χ2v) is 6.73. The highest BCUT2D eigenvalue weighted by Crippen LogP contribution is 2.06. The van der Waals surface area contributed by atoms with Gasteiger partial charge in [-0.2, -0.15) is 5.10 Å². The molecule has 0 bridgehead atoms. The molecule has 0 spiro atoms. The highest BCUT2D eigenvalue weighted by Gasteiger charge is 2.15. The number of hydrogen-bond acceptors (Lipinski definition) is 4. The Morgan fingerprint density at radius 2 is 2.00 bits per heavy atom. The molecule has 0 aromatic carbocycles. The van der Waals surface area contributed by atoms with Crippen LogP contribution in [0.4, 0.5) is 4.79 Å². The molecule has 0 saturated carbocycles. The van der Waals surface area contributed by atoms with Crippen LogP contribution in [-0.4, -0.2) is 40.5 Å². The van der Waals surface area contributed by atoms with E-state index in [1.807, 2.05) is 20.8 Å². The lowest BCUT2D eigenvalue weighted by Crippen LogP contribution is -2.35. The van der Waals surface area contributed by atoms with Crippen LogP contribution in [0.2, 0.25) is 0 Å². The molecule has 118 valence electrons. The van der Waals surface area contributed by atoms with Gasteiger partial charge < -0.3 is 15.4 Å². The summed E-state index contributed by atoms with van der Waals surface area (Å²) < 4.78 is 7.66. The lowest BCUT2D eigenvalue weighted by molar-refractivity contribution is -0.121. The van der Waals surface area contributed by atoms with E-state index < -0.39 is 11.7 Å². The van der Waals surface area contributed by atoms with Crippen molar-refractivity contribution in [2.45, 2.75) is 39.3 Å². The van der Waals surface area contributed by atoms with Gasteiger partial charge >= 0.3 is 6.09 Å². The molecule has 1 aromatic heterocycles. The number of aromatic nitrogens is 2. The van der Waals surface area contributed by atoms with Gasteiger partial charge in [0.05, 0.1) is 9.77 Å². The molecule has 1 aromatic rings. The highest BCUT2D eigenvalue weighted by molar-refractivity contribution is 14.1. The maximum atomic E-state index is 11.6. The summed E-state index contributed by atoms with van der Waals surface area (Å²) in [5, 5.41) is 9.44. The zero-order valence-electron chi connectivity index (χ0n) is 12.5. The zero-order valence-corrected chi connectivity index (χ0v) is 14.6. The van der Waals surface area contributed by atoms with E-state index in [9.17, 15) is 9.59 Å². The number of nitrogens with one attached hydrogen (secondary N) is 2. The maximum Gasteiger partial charge on any atom is 0.407 e. The molecule has 2 amide bonds. The molecule has 0 aliphatic heterocycles. The van der Waals surface area contributed by atoms with Crippen molar-refractivity contribution in [2.24, 2.45) is 0 Å². The van der Waals surface area contributed by atoms with Crippen LogP contribution in [0, 0.1) is 3.57 Å². The number of amides is 2. The molecule has 0 atom stereocenters. The van der Waals surface area contributed by atoms with Crippen LogP contribution in [-0.2, 0) is 16.1 Å². The predicted molar refractivity (Wildman–Crippen MR) is 86.8 cm³/mol. The fourth-order valence-electron chi connectivity index (χ4n) is 1.45. The third-order valence-electron chi connectivity index (χ3n) is 2.25. The van der Waals surface area contributed by atoms with Gasteiger partial charge in [0.1, 0.15) is 12.1 Å². The Bertz CT molecular complexity index is 482. The van der Waals surface area contributed by atoms with Crippen LogP contribution in [0.1, 0.15) is 27.2 Å². The minimum atomic E-state index is -0.500. The summed E-state index contributed by atoms with van der Waals surface area (Å²) in [5.74, 6) is -0.105. The normalized spacial score (nSPS) is 11.0. The number of rotatable bonds is 6. The Morgan fingerprint density at radius 1 is 1.33 bits per heavy atom. The summed E-state index contributed by atoms with van der Waals surface area (Å²) in [4.78, 5) is 23.0. The molecule has 7 nitrogen and oxygen atoms in total. The lowest BCUT2D eigenvalue weighted by atomic mass is 10.2. The van der Waals surface area contributed by atoms with Gasteiger partial charge in [-0.3, -0.25) is 9.48 Å². The Labute approximate surface area is 137 Å². The van der Waals surface area contributed by atoms with Crippen LogP contribution in [0.3, 0.4) is 0 Å². The first kappa shape index (κ1) is 17.7. The van der Waals surface area contributed by atoms with Crippen LogP contribution < -0.4 is 10.6 Å². The van der Waals surface area contributed by atoms with E-state index in [0.29, 0.717) is 19.5 Å². The highest BCUT2D eigenvalue weighted by atomic mass is 127. The van der Waals surface area contributed by atoms with Crippen LogP contribution >= 0.6 is 22.6 Å². The Morgan fingerprint density at radius 3 is 2.57 bits per heavy atom. The van der Waals surface area contributed by atoms with E-state index in [1.54, 1.807) is 17.1 Å². The molecule has 21 heavy (non-hydrogen) atoms. The number of nitrogens with zero attached hydrogens (tertiary/aromatic N) is 2. The van der Waals surface area contributed by atoms with Crippen molar-refractivity contribution in [2.75, 3.05) is 13.1 Å². The molecule has 0 saturated heterocycles. The van der Waals surface area contributed by atoms with E-state index >= 15 is 0 Å². The maximum absolute atomic E-state index is 11.6. The quantitative estimate of drug-likeness (QED) is 0.552. The van der Waals surface area contributed by atoms with E-state index in [2.05, 4.69) is 38.3 Å². The average molecular weight is 408 g/mol. The van der Waals surface area contributed by atoms with E-state index in [-0.39, 0.29) is 12.5 Å². The fourth-order valence-corrected chi connectivity index (χ4v) is 1.89. The topological polar surface area (TPSA) is 85.3 Å². The molecule has 8 heteroatoms. The Hall–Kier alpha value is -1.32. The first-order chi connectivity index (χ1) is 9.76. The van der Waals surface area contributed by atoms with Gasteiger partial charge in [-0.25, -0.2) is 4.79 Å². The Balaban J connectivity index is 2.08. The minimum absolute atomic E-state index is 0.105. The number of alkyl carbamates (subject to hydrolysis) is 1. The third kappa shape index (κ3) is 8.53. The van der Waals surface area contributed by atoms with Crippen molar-refractivity contribution in [3.8, 4) is 0 Å². The van der Waals surface area contributed by atoms with Gasteiger partial charge in [0.15, 0.2) is 0 Å². The Kier molecular flexibility index (Phi) is 6.93. The van der Waals surface area contributed by atoms with Crippen LogP contribution in [0.25, 0.3) is 0 Å². The van der Waals surface area contributed by atoms with Crippen molar-refractivity contribution in [1.29, 1.82) is 0 Å². The fraction of sp³-hybridized carbons (Fsp3) is 0.615. The zero-order chi connectivity index (χ0) is 15.9. The van der Waals surface area contributed by atoms with E-state index in [0.717, 1.165) is 3.57 Å². The molecule has 0 aliphatic rings. The molecular formula is C13H21IN4O3. The van der Waals surface area contributed by atoms with Crippen molar-refractivity contribution >= 4 is 34.6 Å². The third-order valence-corrected chi connectivity index (χ3v) is 2.81. The number of hydrogen-bond donors (Lipinski definition) is 2. The summed E-state index contributed by atoms with van der Waals surface area (Å²) in [6, 6.07) is 0. The van der Waals surface area contributed by atoms with Crippen LogP contribution in [0.5, 0.6) is 0 Å². The van der Waals surface area contributed by atoms with E-state index in [1.165, 1.54) is 0 Å². The SMILES string of the molecule is CC(C)(C)OC(=O)NCCCNC(=O)Cn1cc(I)cn1. The molecule has 1 heterocycles. The molecule has 0 unspecified atom stereocenters. The lowest BCUT2D eigenvalue weighted by Gasteiger charge is -2.19. The van der Waals surface area contributed by atoms with Gasteiger partial charge in [0.2, 0.25) is 5.91 Å². The molecule has 0 radical (unpaired) electrons. The second-order valence-electron chi connectivity index (χ2n) is 5.49. The molecule has 0 fully saturated rings. The van der Waals surface area contributed by atoms with Gasteiger partial charge in [-0.1, -0.05) is 0 Å². The summed E-state index contributed by atoms with van der Waals surface area (Å²) in [6.45, 7) is 6.57. The van der Waals surface area contributed by atoms with E-state index in [4.69, 9.17) is 4.74 Å². The predicted octanol–water partition coefficient (Wildman–Crippen LogP) is 1.52. The standard InChI is InChI=1S/C13H21IN4O3/c1-13(2,3)21-12(20)16-6-4-5-15-11(19)9-18-8-10(14)7-17-18/h7-8H,4-6,9H2,1-3H3,(H,15,19)(H,16,20). The minimum Gasteiger partial charge on any atom is -0.444 e. The molecule has 0 aliphatic carbocycles. The van der Waals surface area contributed by atoms with Gasteiger partial charge in [-0.05, 0) is 49.8 Å². The number of carbonyl (C=O) groups excluding carboxylic acids is 2. The molecular weight excluding hydrogens is 387 g/mol. The first-order valence-corrected chi connectivity index (χ1v) is 7.75. The van der Waals surface area contributed by atoms with Gasteiger partial charge in [-0.15, -0.1) is 0 Å². The summed E-state index contributed by atoms with van der Waals surface area (Å²) in [6.07, 6.45) is 3.68. The average Bonchev–Trinajstić information content (AvgIpc) is 2.71. The summed E-state index contributed by atoms with van der Waals surface area (Å²) >= 11 is 2.14. The molecule has 1 rings (SSSR count). The van der Waals surface area contributed by atoms with Crippen molar-refractivity contribution in [3.05, 3.63) is 16.0 Å². The monoisotopic (exact) mass is 408 g/mol. The first-order valence-electron chi connectivity index (χ1n) is 6.68. The van der Waals surface area contributed by atoms with Crippen molar-refractivity contribution in [1.82, 2.24) is 20.4 Å². The van der Waals surface area contributed by atoms with Crippen molar-refractivity contribution < 1.29 is 14.3 Å². The summed E-state index contributed by atoms with van der Waals surface area (Å²) in [5.41, 5.74) is -0.500. The van der Waals surface area contributed by atoms with Gasteiger partial charge in [0.25, 0.3) is 0 Å². The van der Waals surface area contributed by atoms with Crippen molar-refractivity contribution in [3.63, 3.8) is 0 Å². The number of halogens is 1.